The van der Waals surface area contributed by atoms with Gasteiger partial charge in [-0.05, 0) is 53.5 Å². The summed E-state index contributed by atoms with van der Waals surface area (Å²) in [5.74, 6) is 1.17. The molecule has 0 aliphatic rings. The highest BCUT2D eigenvalue weighted by Crippen LogP contribution is 2.37. The second-order valence-electron chi connectivity index (χ2n) is 3.41. The molecule has 96 valence electrons. The van der Waals surface area contributed by atoms with Crippen molar-refractivity contribution in [1.29, 1.82) is 0 Å². The topological polar surface area (TPSA) is 44.5 Å². The van der Waals surface area contributed by atoms with Gasteiger partial charge in [0.2, 0.25) is 0 Å². The first-order valence-electron chi connectivity index (χ1n) is 5.57. The smallest absolute Gasteiger partial charge is 0.175 e. The second kappa shape index (κ2) is 7.50. The van der Waals surface area contributed by atoms with Crippen molar-refractivity contribution in [3.8, 4) is 11.5 Å². The van der Waals surface area contributed by atoms with Crippen molar-refractivity contribution in [3.05, 3.63) is 22.2 Å². The molecule has 0 aliphatic heterocycles. The van der Waals surface area contributed by atoms with Crippen LogP contribution in [0.5, 0.6) is 11.5 Å². The molecule has 0 unspecified atom stereocenters. The Morgan fingerprint density at radius 3 is 2.71 bits per heavy atom. The standard InChI is InChI=1S/C12H17BrFNO2/c1-2-16-11-8-9(3-5-15)7-10(13)12(11)17-6-4-14/h7-8H,2-6,15H2,1H3. The Hall–Kier alpha value is -0.810. The van der Waals surface area contributed by atoms with E-state index in [4.69, 9.17) is 15.2 Å². The van der Waals surface area contributed by atoms with Crippen LogP contribution in [0.2, 0.25) is 0 Å². The first-order chi connectivity index (χ1) is 8.22. The van der Waals surface area contributed by atoms with Gasteiger partial charge in [-0.25, -0.2) is 4.39 Å². The molecular formula is C12H17BrFNO2. The molecular weight excluding hydrogens is 289 g/mol. The highest BCUT2D eigenvalue weighted by Gasteiger charge is 2.11. The third kappa shape index (κ3) is 4.16. The lowest BCUT2D eigenvalue weighted by Crippen LogP contribution is -2.06. The Bertz CT molecular complexity index is 361. The number of benzene rings is 1. The lowest BCUT2D eigenvalue weighted by atomic mass is 10.1. The van der Waals surface area contributed by atoms with Crippen molar-refractivity contribution >= 4 is 15.9 Å². The summed E-state index contributed by atoms with van der Waals surface area (Å²) >= 11 is 3.40. The molecule has 3 nitrogen and oxygen atoms in total. The van der Waals surface area contributed by atoms with Crippen LogP contribution in [-0.4, -0.2) is 26.4 Å². The number of nitrogens with two attached hydrogens (primary N) is 1. The molecule has 0 aromatic heterocycles. The van der Waals surface area contributed by atoms with E-state index in [1.54, 1.807) is 0 Å². The average Bonchev–Trinajstić information content (AvgIpc) is 2.29. The molecule has 1 aromatic rings. The van der Waals surface area contributed by atoms with Crippen LogP contribution in [0, 0.1) is 0 Å². The molecule has 0 saturated heterocycles. The summed E-state index contributed by atoms with van der Waals surface area (Å²) in [4.78, 5) is 0. The van der Waals surface area contributed by atoms with E-state index in [9.17, 15) is 4.39 Å². The molecule has 17 heavy (non-hydrogen) atoms. The van der Waals surface area contributed by atoms with Crippen molar-refractivity contribution < 1.29 is 13.9 Å². The lowest BCUT2D eigenvalue weighted by Gasteiger charge is -2.14. The van der Waals surface area contributed by atoms with Gasteiger partial charge >= 0.3 is 0 Å². The number of alkyl halides is 1. The molecule has 5 heteroatoms. The molecule has 0 radical (unpaired) electrons. The van der Waals surface area contributed by atoms with Gasteiger partial charge in [0.25, 0.3) is 0 Å². The number of halogens is 2. The van der Waals surface area contributed by atoms with E-state index in [0.717, 1.165) is 16.5 Å². The van der Waals surface area contributed by atoms with Crippen LogP contribution < -0.4 is 15.2 Å². The number of ether oxygens (including phenoxy) is 2. The second-order valence-corrected chi connectivity index (χ2v) is 4.27. The van der Waals surface area contributed by atoms with E-state index < -0.39 is 6.67 Å². The summed E-state index contributed by atoms with van der Waals surface area (Å²) in [7, 11) is 0. The van der Waals surface area contributed by atoms with Gasteiger partial charge in [-0.15, -0.1) is 0 Å². The first-order valence-corrected chi connectivity index (χ1v) is 6.36. The maximum Gasteiger partial charge on any atom is 0.175 e. The fourth-order valence-electron chi connectivity index (χ4n) is 1.48. The summed E-state index contributed by atoms with van der Waals surface area (Å²) in [6.07, 6.45) is 0.766. The van der Waals surface area contributed by atoms with Crippen molar-refractivity contribution in [2.45, 2.75) is 13.3 Å². The minimum Gasteiger partial charge on any atom is -0.490 e. The largest absolute Gasteiger partial charge is 0.490 e. The summed E-state index contributed by atoms with van der Waals surface area (Å²) in [5, 5.41) is 0. The van der Waals surface area contributed by atoms with Gasteiger partial charge in [0.1, 0.15) is 13.3 Å². The number of hydrogen-bond donors (Lipinski definition) is 1. The number of rotatable bonds is 7. The maximum absolute atomic E-state index is 12.1. The Kier molecular flexibility index (Phi) is 6.29. The van der Waals surface area contributed by atoms with Crippen LogP contribution in [0.4, 0.5) is 4.39 Å². The summed E-state index contributed by atoms with van der Waals surface area (Å²) in [6, 6.07) is 3.80. The van der Waals surface area contributed by atoms with Crippen LogP contribution in [0.15, 0.2) is 16.6 Å². The van der Waals surface area contributed by atoms with Gasteiger partial charge in [-0.2, -0.15) is 0 Å². The highest BCUT2D eigenvalue weighted by atomic mass is 79.9. The van der Waals surface area contributed by atoms with E-state index in [2.05, 4.69) is 15.9 Å². The van der Waals surface area contributed by atoms with Crippen LogP contribution in [0.3, 0.4) is 0 Å². The molecule has 0 heterocycles. The monoisotopic (exact) mass is 305 g/mol. The summed E-state index contributed by atoms with van der Waals surface area (Å²) in [6.45, 7) is 2.49. The lowest BCUT2D eigenvalue weighted by molar-refractivity contribution is 0.250. The molecule has 2 N–H and O–H groups in total. The van der Waals surface area contributed by atoms with E-state index in [0.29, 0.717) is 24.7 Å². The minimum atomic E-state index is -0.525. The number of hydrogen-bond acceptors (Lipinski definition) is 3. The third-order valence-electron chi connectivity index (χ3n) is 2.13. The minimum absolute atomic E-state index is 0.0227. The third-order valence-corrected chi connectivity index (χ3v) is 2.71. The highest BCUT2D eigenvalue weighted by molar-refractivity contribution is 9.10. The zero-order valence-corrected chi connectivity index (χ0v) is 11.4. The van der Waals surface area contributed by atoms with E-state index in [1.165, 1.54) is 0 Å². The van der Waals surface area contributed by atoms with E-state index in [-0.39, 0.29) is 6.61 Å². The van der Waals surface area contributed by atoms with Crippen LogP contribution in [-0.2, 0) is 6.42 Å². The summed E-state index contributed by atoms with van der Waals surface area (Å²) < 4.78 is 23.7. The SMILES string of the molecule is CCOc1cc(CCN)cc(Br)c1OCCF. The molecule has 1 aromatic carbocycles. The normalized spacial score (nSPS) is 10.4. The molecule has 0 spiro atoms. The van der Waals surface area contributed by atoms with E-state index >= 15 is 0 Å². The average molecular weight is 306 g/mol. The van der Waals surface area contributed by atoms with Crippen LogP contribution in [0.1, 0.15) is 12.5 Å². The zero-order valence-electron chi connectivity index (χ0n) is 9.84. The predicted molar refractivity (Wildman–Crippen MR) is 69.5 cm³/mol. The van der Waals surface area contributed by atoms with Crippen molar-refractivity contribution in [1.82, 2.24) is 0 Å². The van der Waals surface area contributed by atoms with Gasteiger partial charge < -0.3 is 15.2 Å². The maximum atomic E-state index is 12.1. The molecule has 0 amide bonds. The quantitative estimate of drug-likeness (QED) is 0.842. The van der Waals surface area contributed by atoms with Gasteiger partial charge in [0, 0.05) is 0 Å². The van der Waals surface area contributed by atoms with Gasteiger partial charge in [-0.1, -0.05) is 0 Å². The molecule has 0 aliphatic carbocycles. The van der Waals surface area contributed by atoms with E-state index in [1.807, 2.05) is 19.1 Å². The van der Waals surface area contributed by atoms with Gasteiger partial charge in [-0.3, -0.25) is 0 Å². The van der Waals surface area contributed by atoms with Gasteiger partial charge in [0.15, 0.2) is 11.5 Å². The Labute approximate surface area is 109 Å². The van der Waals surface area contributed by atoms with Crippen molar-refractivity contribution in [2.75, 3.05) is 26.4 Å². The molecule has 0 atom stereocenters. The predicted octanol–water partition coefficient (Wildman–Crippen LogP) is 2.70. The molecule has 0 saturated carbocycles. The summed E-state index contributed by atoms with van der Waals surface area (Å²) in [5.41, 5.74) is 6.58. The van der Waals surface area contributed by atoms with Crippen LogP contribution >= 0.6 is 15.9 Å². The zero-order chi connectivity index (χ0) is 12.7. The fraction of sp³-hybridized carbons (Fsp3) is 0.500. The molecule has 1 rings (SSSR count). The van der Waals surface area contributed by atoms with Crippen molar-refractivity contribution in [2.24, 2.45) is 5.73 Å². The first kappa shape index (κ1) is 14.3. The van der Waals surface area contributed by atoms with Crippen molar-refractivity contribution in [3.63, 3.8) is 0 Å². The Morgan fingerprint density at radius 1 is 1.35 bits per heavy atom. The van der Waals surface area contributed by atoms with Gasteiger partial charge in [0.05, 0.1) is 11.1 Å². The Morgan fingerprint density at radius 2 is 2.12 bits per heavy atom. The van der Waals surface area contributed by atoms with Crippen LogP contribution in [0.25, 0.3) is 0 Å². The fourth-order valence-corrected chi connectivity index (χ4v) is 2.08. The Balaban J connectivity index is 2.99. The molecule has 0 bridgehead atoms. The molecule has 0 fully saturated rings.